The quantitative estimate of drug-likeness (QED) is 0.0265. The molecule has 0 aromatic carbocycles. The molecule has 63 heavy (non-hydrogen) atoms. The molecule has 0 radical (unpaired) electrons. The van der Waals surface area contributed by atoms with Crippen LogP contribution in [0, 0.1) is 0 Å². The molecule has 0 aliphatic carbocycles. The number of allylic oxidation sites excluding steroid dienone is 18. The van der Waals surface area contributed by atoms with E-state index in [9.17, 15) is 19.0 Å². The fourth-order valence-corrected chi connectivity index (χ4v) is 6.83. The van der Waals surface area contributed by atoms with Crippen LogP contribution in [0.2, 0.25) is 0 Å². The number of phosphoric ester groups is 1. The third-order valence-corrected chi connectivity index (χ3v) is 10.6. The lowest BCUT2D eigenvalue weighted by molar-refractivity contribution is -0.161. The minimum Gasteiger partial charge on any atom is -0.462 e. The lowest BCUT2D eigenvalue weighted by Crippen LogP contribution is -2.29. The minimum absolute atomic E-state index is 0.0433. The SMILES string of the molecule is CC/C=C\C/C=C\C/C=C\C/C=C\C/C=C\C/C=C\C/C=C\CCCCCCCCCC(=O)OC(COC(=O)CCCCCCC/C=C\C/C=C\CCC)COP(=O)(O)OCCN. The normalized spacial score (nSPS) is 14.2. The first-order valence-electron chi connectivity index (χ1n) is 24.4. The number of carbonyl (C=O) groups excluding carboxylic acids is 2. The topological polar surface area (TPSA) is 134 Å². The Bertz CT molecular complexity index is 1390. The summed E-state index contributed by atoms with van der Waals surface area (Å²) in [6.07, 6.45) is 64.1. The first kappa shape index (κ1) is 59.7. The van der Waals surface area contributed by atoms with E-state index in [1.165, 1.54) is 25.7 Å². The summed E-state index contributed by atoms with van der Waals surface area (Å²) < 4.78 is 32.8. The van der Waals surface area contributed by atoms with Crippen molar-refractivity contribution in [3.63, 3.8) is 0 Å². The van der Waals surface area contributed by atoms with Gasteiger partial charge < -0.3 is 20.1 Å². The zero-order chi connectivity index (χ0) is 46.0. The van der Waals surface area contributed by atoms with Gasteiger partial charge in [0.05, 0.1) is 13.2 Å². The highest BCUT2D eigenvalue weighted by atomic mass is 31.2. The monoisotopic (exact) mass is 898 g/mol. The molecule has 10 heteroatoms. The number of rotatable bonds is 44. The second kappa shape index (κ2) is 48.1. The van der Waals surface area contributed by atoms with Crippen LogP contribution in [0.25, 0.3) is 0 Å². The summed E-state index contributed by atoms with van der Waals surface area (Å²) in [5, 5.41) is 0. The van der Waals surface area contributed by atoms with Crippen LogP contribution in [0.1, 0.15) is 181 Å². The molecule has 0 fully saturated rings. The van der Waals surface area contributed by atoms with Gasteiger partial charge in [0.15, 0.2) is 6.10 Å². The van der Waals surface area contributed by atoms with Crippen LogP contribution in [-0.2, 0) is 32.7 Å². The van der Waals surface area contributed by atoms with E-state index in [1.807, 2.05) is 0 Å². The highest BCUT2D eigenvalue weighted by Crippen LogP contribution is 2.43. The molecule has 9 nitrogen and oxygen atoms in total. The van der Waals surface area contributed by atoms with E-state index < -0.39 is 32.5 Å². The van der Waals surface area contributed by atoms with Gasteiger partial charge in [-0.25, -0.2) is 4.57 Å². The van der Waals surface area contributed by atoms with E-state index in [-0.39, 0.29) is 32.6 Å². The molecule has 0 heterocycles. The van der Waals surface area contributed by atoms with Crippen LogP contribution in [-0.4, -0.2) is 49.3 Å². The lowest BCUT2D eigenvalue weighted by Gasteiger charge is -2.19. The van der Waals surface area contributed by atoms with Crippen molar-refractivity contribution in [2.24, 2.45) is 5.73 Å². The summed E-state index contributed by atoms with van der Waals surface area (Å²) in [4.78, 5) is 34.9. The molecule has 0 rings (SSSR count). The molecule has 0 aromatic heterocycles. The summed E-state index contributed by atoms with van der Waals surface area (Å²) in [5.41, 5.74) is 5.35. The average Bonchev–Trinajstić information content (AvgIpc) is 3.27. The molecule has 0 aliphatic heterocycles. The fraction of sp³-hybridized carbons (Fsp3) is 0.623. The van der Waals surface area contributed by atoms with Crippen LogP contribution >= 0.6 is 7.82 Å². The molecule has 0 amide bonds. The van der Waals surface area contributed by atoms with Crippen molar-refractivity contribution < 1.29 is 37.6 Å². The van der Waals surface area contributed by atoms with Crippen molar-refractivity contribution in [1.82, 2.24) is 0 Å². The zero-order valence-electron chi connectivity index (χ0n) is 39.5. The Kier molecular flexibility index (Phi) is 45.6. The lowest BCUT2D eigenvalue weighted by atomic mass is 10.1. The van der Waals surface area contributed by atoms with Crippen molar-refractivity contribution in [1.29, 1.82) is 0 Å². The summed E-state index contributed by atoms with van der Waals surface area (Å²) in [6.45, 7) is 3.50. The number of nitrogens with two attached hydrogens (primary N) is 1. The molecule has 2 unspecified atom stereocenters. The summed E-state index contributed by atoms with van der Waals surface area (Å²) >= 11 is 0. The molecule has 0 spiro atoms. The van der Waals surface area contributed by atoms with Gasteiger partial charge in [-0.1, -0.05) is 181 Å². The maximum absolute atomic E-state index is 12.6. The van der Waals surface area contributed by atoms with Crippen molar-refractivity contribution in [2.75, 3.05) is 26.4 Å². The number of unbranched alkanes of at least 4 members (excludes halogenated alkanes) is 13. The van der Waals surface area contributed by atoms with Crippen molar-refractivity contribution in [3.8, 4) is 0 Å². The minimum atomic E-state index is -4.39. The second-order valence-corrected chi connectivity index (χ2v) is 17.0. The van der Waals surface area contributed by atoms with Crippen LogP contribution < -0.4 is 5.73 Å². The number of hydrogen-bond donors (Lipinski definition) is 2. The standard InChI is InChI=1S/C53H88NO8P/c1-3-5-7-9-11-13-15-17-18-19-20-21-22-23-24-25-26-27-28-29-30-31-32-34-36-38-40-42-44-46-53(56)62-51(50-61-63(57,58)60-48-47-54)49-59-52(55)45-43-41-39-37-35-33-16-14-12-10-8-6-4-2/h5,7-8,10-11,13-14,16-18,20-21,23-24,26-27,29-30,51H,3-4,6,9,12,15,19,22,25,28,31-50,54H2,1-2H3,(H,57,58)/b7-5-,10-8-,13-11-,16-14-,18-17-,21-20-,24-23-,27-26-,30-29-. The average molecular weight is 898 g/mol. The van der Waals surface area contributed by atoms with Crippen LogP contribution in [0.15, 0.2) is 109 Å². The Morgan fingerprint density at radius 2 is 0.873 bits per heavy atom. The molecular weight excluding hydrogens is 810 g/mol. The smallest absolute Gasteiger partial charge is 0.462 e. The zero-order valence-corrected chi connectivity index (χ0v) is 40.4. The number of esters is 2. The van der Waals surface area contributed by atoms with Gasteiger partial charge in [-0.3, -0.25) is 18.6 Å². The molecule has 0 aliphatic rings. The molecule has 0 bridgehead atoms. The largest absolute Gasteiger partial charge is 0.472 e. The number of ether oxygens (including phenoxy) is 2. The molecule has 0 saturated heterocycles. The first-order chi connectivity index (χ1) is 30.8. The van der Waals surface area contributed by atoms with E-state index in [2.05, 4.69) is 123 Å². The van der Waals surface area contributed by atoms with Crippen molar-refractivity contribution >= 4 is 19.8 Å². The third-order valence-electron chi connectivity index (χ3n) is 9.62. The number of hydrogen-bond acceptors (Lipinski definition) is 8. The Morgan fingerprint density at radius 1 is 0.492 bits per heavy atom. The predicted molar refractivity (Wildman–Crippen MR) is 265 cm³/mol. The molecule has 3 N–H and O–H groups in total. The summed E-state index contributed by atoms with van der Waals surface area (Å²) in [5.74, 6) is -0.868. The van der Waals surface area contributed by atoms with Crippen molar-refractivity contribution in [3.05, 3.63) is 109 Å². The van der Waals surface area contributed by atoms with Gasteiger partial charge in [0.1, 0.15) is 6.61 Å². The Hall–Kier alpha value is -3.33. The maximum Gasteiger partial charge on any atom is 0.472 e. The number of phosphoric acid groups is 1. The van der Waals surface area contributed by atoms with E-state index in [4.69, 9.17) is 24.3 Å². The van der Waals surface area contributed by atoms with Gasteiger partial charge in [-0.2, -0.15) is 0 Å². The first-order valence-corrected chi connectivity index (χ1v) is 25.9. The number of carbonyl (C=O) groups is 2. The van der Waals surface area contributed by atoms with Crippen molar-refractivity contribution in [2.45, 2.75) is 187 Å². The predicted octanol–water partition coefficient (Wildman–Crippen LogP) is 14.7. The fourth-order valence-electron chi connectivity index (χ4n) is 6.06. The van der Waals surface area contributed by atoms with Gasteiger partial charge >= 0.3 is 19.8 Å². The van der Waals surface area contributed by atoms with Gasteiger partial charge in [-0.05, 0) is 96.3 Å². The second-order valence-electron chi connectivity index (χ2n) is 15.6. The molecule has 0 saturated carbocycles. The molecular formula is C53H88NO8P. The van der Waals surface area contributed by atoms with Gasteiger partial charge in [0.2, 0.25) is 0 Å². The van der Waals surface area contributed by atoms with E-state index in [1.54, 1.807) is 0 Å². The third kappa shape index (κ3) is 48.0. The molecule has 358 valence electrons. The van der Waals surface area contributed by atoms with Crippen LogP contribution in [0.3, 0.4) is 0 Å². The molecule has 0 aromatic rings. The van der Waals surface area contributed by atoms with E-state index in [0.717, 1.165) is 116 Å². The maximum atomic E-state index is 12.6. The van der Waals surface area contributed by atoms with Gasteiger partial charge in [0.25, 0.3) is 0 Å². The van der Waals surface area contributed by atoms with Gasteiger partial charge in [-0.15, -0.1) is 0 Å². The van der Waals surface area contributed by atoms with E-state index in [0.29, 0.717) is 12.8 Å². The summed E-state index contributed by atoms with van der Waals surface area (Å²) in [6, 6.07) is 0. The summed E-state index contributed by atoms with van der Waals surface area (Å²) in [7, 11) is -4.39. The van der Waals surface area contributed by atoms with E-state index >= 15 is 0 Å². The Labute approximate surface area is 384 Å². The Balaban J connectivity index is 4.11. The highest BCUT2D eigenvalue weighted by Gasteiger charge is 2.26. The van der Waals surface area contributed by atoms with Crippen LogP contribution in [0.4, 0.5) is 0 Å². The van der Waals surface area contributed by atoms with Gasteiger partial charge in [0, 0.05) is 19.4 Å². The Morgan fingerprint density at radius 3 is 1.30 bits per heavy atom. The highest BCUT2D eigenvalue weighted by molar-refractivity contribution is 7.47. The van der Waals surface area contributed by atoms with Crippen LogP contribution in [0.5, 0.6) is 0 Å². The molecule has 2 atom stereocenters.